The summed E-state index contributed by atoms with van der Waals surface area (Å²) in [4.78, 5) is 58.3. The zero-order chi connectivity index (χ0) is 38.4. The molecule has 270 valence electrons. The first kappa shape index (κ1) is 35.4. The van der Waals surface area contributed by atoms with E-state index in [0.29, 0.717) is 11.4 Å². The second-order valence-corrected chi connectivity index (χ2v) is 16.0. The molecule has 2 aromatic carbocycles. The molecule has 8 rings (SSSR count). The van der Waals surface area contributed by atoms with Crippen molar-refractivity contribution >= 4 is 51.4 Å². The van der Waals surface area contributed by atoms with E-state index >= 15 is 0 Å². The van der Waals surface area contributed by atoms with Crippen LogP contribution in [0.5, 0.6) is 0 Å². The predicted molar refractivity (Wildman–Crippen MR) is 215 cm³/mol. The summed E-state index contributed by atoms with van der Waals surface area (Å²) in [7, 11) is 0. The maximum Gasteiger partial charge on any atom is 0.335 e. The van der Waals surface area contributed by atoms with Gasteiger partial charge in [0.2, 0.25) is 5.91 Å². The number of carboxylic acids is 2. The number of para-hydroxylation sites is 1. The predicted octanol–water partition coefficient (Wildman–Crippen LogP) is 10.4. The fraction of sp³-hybridized carbons (Fsp3) is 0.0930. The summed E-state index contributed by atoms with van der Waals surface area (Å²) >= 11 is 3.16. The molecule has 0 aliphatic carbocycles. The fourth-order valence-corrected chi connectivity index (χ4v) is 8.12. The third kappa shape index (κ3) is 6.96. The van der Waals surface area contributed by atoms with Crippen LogP contribution in [0.2, 0.25) is 0 Å². The maximum atomic E-state index is 13.6. The van der Waals surface area contributed by atoms with Gasteiger partial charge >= 0.3 is 11.9 Å². The topological polar surface area (TPSA) is 148 Å². The van der Waals surface area contributed by atoms with Crippen molar-refractivity contribution in [3.63, 3.8) is 0 Å². The molecule has 55 heavy (non-hydrogen) atoms. The van der Waals surface area contributed by atoms with Crippen LogP contribution in [0.15, 0.2) is 122 Å². The quantitative estimate of drug-likeness (QED) is 0.154. The smallest absolute Gasteiger partial charge is 0.335 e. The Morgan fingerprint density at radius 2 is 1.22 bits per heavy atom. The Hall–Kier alpha value is -6.63. The number of carboxylic acid groups (broad SMARTS) is 2. The van der Waals surface area contributed by atoms with E-state index in [2.05, 4.69) is 57.4 Å². The average Bonchev–Trinajstić information content (AvgIpc) is 3.97. The third-order valence-corrected chi connectivity index (χ3v) is 11.2. The molecule has 6 heterocycles. The number of hydrogen-bond donors (Lipinski definition) is 2. The van der Waals surface area contributed by atoms with E-state index < -0.39 is 17.4 Å². The largest absolute Gasteiger partial charge is 0.478 e. The van der Waals surface area contributed by atoms with Crippen LogP contribution >= 0.6 is 22.7 Å². The molecule has 0 aliphatic rings. The fourth-order valence-electron chi connectivity index (χ4n) is 6.18. The number of rotatable bonds is 8. The lowest BCUT2D eigenvalue weighted by Gasteiger charge is -2.19. The van der Waals surface area contributed by atoms with E-state index in [1.165, 1.54) is 41.8 Å². The van der Waals surface area contributed by atoms with Gasteiger partial charge in [0.1, 0.15) is 5.01 Å². The maximum absolute atomic E-state index is 13.6. The summed E-state index contributed by atoms with van der Waals surface area (Å²) in [5.74, 6) is -2.25. The molecule has 0 unspecified atom stereocenters. The number of nitrogens with zero attached hydrogens (tertiary/aromatic N) is 5. The van der Waals surface area contributed by atoms with Crippen molar-refractivity contribution in [3.05, 3.63) is 133 Å². The number of thiazole rings is 1. The lowest BCUT2D eigenvalue weighted by atomic mass is 9.95. The minimum Gasteiger partial charge on any atom is -0.478 e. The van der Waals surface area contributed by atoms with Crippen molar-refractivity contribution < 1.29 is 24.6 Å². The van der Waals surface area contributed by atoms with Gasteiger partial charge in [-0.2, -0.15) is 0 Å². The molecule has 0 spiro atoms. The van der Waals surface area contributed by atoms with Crippen LogP contribution in [0.4, 0.5) is 0 Å². The number of pyridine rings is 3. The third-order valence-electron chi connectivity index (χ3n) is 8.98. The lowest BCUT2D eigenvalue weighted by Crippen LogP contribution is -2.27. The van der Waals surface area contributed by atoms with Crippen molar-refractivity contribution in [3.8, 4) is 64.8 Å². The number of fused-ring (bicyclic) bond motifs is 1. The van der Waals surface area contributed by atoms with Crippen LogP contribution in [-0.2, 0) is 0 Å². The van der Waals surface area contributed by atoms with E-state index in [1.807, 2.05) is 61.9 Å². The van der Waals surface area contributed by atoms with Gasteiger partial charge in [0.05, 0.1) is 54.9 Å². The molecule has 0 atom stereocenters. The number of thiophene rings is 1. The molecule has 12 heteroatoms. The Morgan fingerprint density at radius 1 is 0.600 bits per heavy atom. The van der Waals surface area contributed by atoms with E-state index in [1.54, 1.807) is 23.6 Å². The molecule has 0 amide bonds. The summed E-state index contributed by atoms with van der Waals surface area (Å²) in [5.41, 5.74) is 5.23. The lowest BCUT2D eigenvalue weighted by molar-refractivity contribution is 0.0686. The summed E-state index contributed by atoms with van der Waals surface area (Å²) in [6, 6.07) is 31.7. The highest BCUT2D eigenvalue weighted by Gasteiger charge is 2.27. The molecule has 0 radical (unpaired) electrons. The number of aromatic carboxylic acids is 2. The summed E-state index contributed by atoms with van der Waals surface area (Å²) in [6.45, 7) is 5.83. The molecule has 8 aromatic rings. The Labute approximate surface area is 323 Å². The Morgan fingerprint density at radius 3 is 1.91 bits per heavy atom. The molecule has 0 aliphatic heterocycles. The van der Waals surface area contributed by atoms with Crippen LogP contribution < -0.4 is 0 Å². The minimum atomic E-state index is -1.16. The molecule has 0 saturated carbocycles. The SMILES string of the molecule is CC(C)(C)C(=O)n1c(-c2ccc(-c3ccc(-c4cnc(-c5ccnc(-c6cc(C(=O)O)cc(-c7cc(C(=O)O)ccn7)n6)c5)s4)cc3)s2)cc2ccccc21. The molecule has 0 fully saturated rings. The first-order valence-electron chi connectivity index (χ1n) is 17.2. The van der Waals surface area contributed by atoms with Gasteiger partial charge in [-0.25, -0.2) is 19.6 Å². The van der Waals surface area contributed by atoms with E-state index in [-0.39, 0.29) is 28.4 Å². The van der Waals surface area contributed by atoms with Gasteiger partial charge in [-0.15, -0.1) is 22.7 Å². The summed E-state index contributed by atoms with van der Waals surface area (Å²) in [6.07, 6.45) is 4.79. The number of hydrogen-bond acceptors (Lipinski definition) is 9. The van der Waals surface area contributed by atoms with Gasteiger partial charge in [0.15, 0.2) is 0 Å². The van der Waals surface area contributed by atoms with Crippen molar-refractivity contribution in [2.24, 2.45) is 5.41 Å². The van der Waals surface area contributed by atoms with Crippen molar-refractivity contribution in [2.45, 2.75) is 20.8 Å². The normalized spacial score (nSPS) is 11.5. The molecular weight excluding hydrogens is 731 g/mol. The first-order chi connectivity index (χ1) is 26.4. The molecule has 2 N–H and O–H groups in total. The number of carbonyl (C=O) groups is 3. The van der Waals surface area contributed by atoms with E-state index in [9.17, 15) is 24.6 Å². The Bertz CT molecular complexity index is 2790. The van der Waals surface area contributed by atoms with Crippen LogP contribution in [0.3, 0.4) is 0 Å². The highest BCUT2D eigenvalue weighted by molar-refractivity contribution is 7.19. The molecule has 0 bridgehead atoms. The second-order valence-electron chi connectivity index (χ2n) is 13.8. The van der Waals surface area contributed by atoms with Crippen LogP contribution in [0, 0.1) is 5.41 Å². The monoisotopic (exact) mass is 761 g/mol. The van der Waals surface area contributed by atoms with Gasteiger partial charge in [0.25, 0.3) is 0 Å². The number of carbonyl (C=O) groups excluding carboxylic acids is 1. The first-order valence-corrected chi connectivity index (χ1v) is 18.8. The van der Waals surface area contributed by atoms with Crippen molar-refractivity contribution in [1.82, 2.24) is 24.5 Å². The molecule has 6 aromatic heterocycles. The molecule has 10 nitrogen and oxygen atoms in total. The van der Waals surface area contributed by atoms with Crippen LogP contribution in [0.1, 0.15) is 46.3 Å². The summed E-state index contributed by atoms with van der Waals surface area (Å²) < 4.78 is 1.85. The second kappa shape index (κ2) is 14.0. The number of aromatic nitrogens is 5. The Balaban J connectivity index is 1.05. The minimum absolute atomic E-state index is 0.00905. The number of benzene rings is 2. The highest BCUT2D eigenvalue weighted by Crippen LogP contribution is 2.40. The molecular formula is C43H31N5O5S2. The van der Waals surface area contributed by atoms with Gasteiger partial charge in [-0.3, -0.25) is 19.3 Å². The van der Waals surface area contributed by atoms with Crippen LogP contribution in [0.25, 0.3) is 75.7 Å². The van der Waals surface area contributed by atoms with E-state index in [4.69, 9.17) is 4.98 Å². The van der Waals surface area contributed by atoms with Gasteiger partial charge in [-0.1, -0.05) is 63.2 Å². The van der Waals surface area contributed by atoms with Gasteiger partial charge in [-0.05, 0) is 71.8 Å². The Kier molecular flexibility index (Phi) is 9.00. The zero-order valence-electron chi connectivity index (χ0n) is 29.7. The average molecular weight is 762 g/mol. The zero-order valence-corrected chi connectivity index (χ0v) is 31.4. The highest BCUT2D eigenvalue weighted by atomic mass is 32.1. The van der Waals surface area contributed by atoms with Crippen molar-refractivity contribution in [2.75, 3.05) is 0 Å². The molecule has 0 saturated heterocycles. The van der Waals surface area contributed by atoms with Gasteiger partial charge < -0.3 is 10.2 Å². The van der Waals surface area contributed by atoms with E-state index in [0.717, 1.165) is 52.9 Å². The summed E-state index contributed by atoms with van der Waals surface area (Å²) in [5, 5.41) is 21.0. The van der Waals surface area contributed by atoms with Crippen molar-refractivity contribution in [1.29, 1.82) is 0 Å². The van der Waals surface area contributed by atoms with Gasteiger partial charge in [0, 0.05) is 39.8 Å². The van der Waals surface area contributed by atoms with Crippen LogP contribution in [-0.4, -0.2) is 52.6 Å². The standard InChI is InChI=1S/C43H31N5O5S2/c1-43(2,3)42(53)48-34-7-5-4-6-26(34)22-35(48)37-13-12-36(54-37)24-8-10-25(11-9-24)38-23-46-39(55-38)27-14-16-44-30(18-27)32-20-29(41(51)52)21-33(47-32)31-19-28(40(49)50)15-17-45-31/h4-23H,1-3H3,(H,49,50)(H,51,52).